The van der Waals surface area contributed by atoms with Gasteiger partial charge in [-0.15, -0.1) is 0 Å². The van der Waals surface area contributed by atoms with Crippen molar-refractivity contribution in [2.24, 2.45) is 5.73 Å². The summed E-state index contributed by atoms with van der Waals surface area (Å²) in [5.74, 6) is 1.36. The van der Waals surface area contributed by atoms with Gasteiger partial charge in [-0.25, -0.2) is 0 Å². The molecule has 0 spiro atoms. The summed E-state index contributed by atoms with van der Waals surface area (Å²) in [4.78, 5) is 4.52. The molecule has 1 aromatic carbocycles. The first-order valence-corrected chi connectivity index (χ1v) is 6.35. The Morgan fingerprint density at radius 3 is 2.56 bits per heavy atom. The van der Waals surface area contributed by atoms with Crippen LogP contribution in [-0.2, 0) is 5.41 Å². The minimum Gasteiger partial charge on any atom is -0.338 e. The summed E-state index contributed by atoms with van der Waals surface area (Å²) >= 11 is 0. The van der Waals surface area contributed by atoms with Crippen LogP contribution in [0.5, 0.6) is 0 Å². The van der Waals surface area contributed by atoms with E-state index in [2.05, 4.69) is 17.1 Å². The predicted molar refractivity (Wildman–Crippen MR) is 69.1 cm³/mol. The lowest BCUT2D eigenvalue weighted by Crippen LogP contribution is -2.41. The van der Waals surface area contributed by atoms with Crippen molar-refractivity contribution >= 4 is 0 Å². The first kappa shape index (κ1) is 11.4. The number of benzene rings is 1. The van der Waals surface area contributed by atoms with Crippen molar-refractivity contribution in [2.45, 2.75) is 31.6 Å². The molecule has 1 fully saturated rings. The van der Waals surface area contributed by atoms with Crippen LogP contribution in [0.1, 0.15) is 30.7 Å². The standard InChI is InChI=1S/C14H17N3O/c1-10-3-5-11(6-4-10)12-16-13(18-17-12)14(9-15)7-2-8-14/h3-6H,2,7-9,15H2,1H3. The molecule has 0 atom stereocenters. The molecule has 0 saturated heterocycles. The second-order valence-electron chi connectivity index (χ2n) is 5.13. The van der Waals surface area contributed by atoms with Gasteiger partial charge in [0.05, 0.1) is 5.41 Å². The van der Waals surface area contributed by atoms with Crippen molar-refractivity contribution in [3.05, 3.63) is 35.7 Å². The molecule has 2 N–H and O–H groups in total. The lowest BCUT2D eigenvalue weighted by atomic mass is 9.69. The maximum atomic E-state index is 5.84. The summed E-state index contributed by atoms with van der Waals surface area (Å²) in [6, 6.07) is 8.13. The fraction of sp³-hybridized carbons (Fsp3) is 0.429. The van der Waals surface area contributed by atoms with Gasteiger partial charge in [0.15, 0.2) is 0 Å². The van der Waals surface area contributed by atoms with Gasteiger partial charge in [0.1, 0.15) is 0 Å². The van der Waals surface area contributed by atoms with Crippen LogP contribution in [0.3, 0.4) is 0 Å². The number of aryl methyl sites for hydroxylation is 1. The zero-order valence-corrected chi connectivity index (χ0v) is 10.5. The third kappa shape index (κ3) is 1.73. The van der Waals surface area contributed by atoms with Gasteiger partial charge in [-0.3, -0.25) is 0 Å². The molecule has 0 amide bonds. The molecule has 0 radical (unpaired) electrons. The zero-order valence-electron chi connectivity index (χ0n) is 10.5. The van der Waals surface area contributed by atoms with Crippen LogP contribution in [0.2, 0.25) is 0 Å². The van der Waals surface area contributed by atoms with Crippen molar-refractivity contribution in [1.82, 2.24) is 10.1 Å². The molecular weight excluding hydrogens is 226 g/mol. The maximum absolute atomic E-state index is 5.84. The maximum Gasteiger partial charge on any atom is 0.234 e. The van der Waals surface area contributed by atoms with E-state index in [-0.39, 0.29) is 5.41 Å². The number of nitrogens with zero attached hydrogens (tertiary/aromatic N) is 2. The first-order chi connectivity index (χ1) is 8.73. The van der Waals surface area contributed by atoms with Crippen LogP contribution >= 0.6 is 0 Å². The Morgan fingerprint density at radius 2 is 2.00 bits per heavy atom. The van der Waals surface area contributed by atoms with Crippen molar-refractivity contribution in [3.8, 4) is 11.4 Å². The van der Waals surface area contributed by atoms with E-state index >= 15 is 0 Å². The quantitative estimate of drug-likeness (QED) is 0.899. The van der Waals surface area contributed by atoms with Crippen molar-refractivity contribution in [2.75, 3.05) is 6.54 Å². The van der Waals surface area contributed by atoms with E-state index in [1.165, 1.54) is 12.0 Å². The summed E-state index contributed by atoms with van der Waals surface area (Å²) < 4.78 is 5.41. The van der Waals surface area contributed by atoms with E-state index in [1.807, 2.05) is 24.3 Å². The minimum absolute atomic E-state index is 0.0596. The van der Waals surface area contributed by atoms with E-state index in [1.54, 1.807) is 0 Å². The van der Waals surface area contributed by atoms with Gasteiger partial charge < -0.3 is 10.3 Å². The molecule has 18 heavy (non-hydrogen) atoms. The summed E-state index contributed by atoms with van der Waals surface area (Å²) in [6.07, 6.45) is 3.30. The Kier molecular flexibility index (Phi) is 2.67. The Balaban J connectivity index is 1.91. The van der Waals surface area contributed by atoms with E-state index in [0.29, 0.717) is 18.3 Å². The average molecular weight is 243 g/mol. The minimum atomic E-state index is -0.0596. The number of hydrogen-bond acceptors (Lipinski definition) is 4. The number of aromatic nitrogens is 2. The molecule has 1 aliphatic carbocycles. The topological polar surface area (TPSA) is 64.9 Å². The van der Waals surface area contributed by atoms with Gasteiger partial charge in [0.2, 0.25) is 11.7 Å². The molecule has 1 aromatic heterocycles. The number of nitrogens with two attached hydrogens (primary N) is 1. The van der Waals surface area contributed by atoms with Gasteiger partial charge >= 0.3 is 0 Å². The van der Waals surface area contributed by atoms with Crippen LogP contribution in [-0.4, -0.2) is 16.7 Å². The molecule has 3 rings (SSSR count). The van der Waals surface area contributed by atoms with Gasteiger partial charge in [0, 0.05) is 12.1 Å². The highest BCUT2D eigenvalue weighted by Gasteiger charge is 2.42. The van der Waals surface area contributed by atoms with Crippen LogP contribution in [0.25, 0.3) is 11.4 Å². The Morgan fingerprint density at radius 1 is 1.28 bits per heavy atom. The van der Waals surface area contributed by atoms with E-state index in [9.17, 15) is 0 Å². The van der Waals surface area contributed by atoms with Gasteiger partial charge in [0.25, 0.3) is 0 Å². The highest BCUT2D eigenvalue weighted by Crippen LogP contribution is 2.42. The van der Waals surface area contributed by atoms with E-state index < -0.39 is 0 Å². The van der Waals surface area contributed by atoms with Crippen LogP contribution in [0, 0.1) is 6.92 Å². The van der Waals surface area contributed by atoms with E-state index in [0.717, 1.165) is 18.4 Å². The lowest BCUT2D eigenvalue weighted by Gasteiger charge is -2.36. The largest absolute Gasteiger partial charge is 0.338 e. The second-order valence-corrected chi connectivity index (χ2v) is 5.13. The molecule has 94 valence electrons. The smallest absolute Gasteiger partial charge is 0.234 e. The van der Waals surface area contributed by atoms with Crippen molar-refractivity contribution in [3.63, 3.8) is 0 Å². The van der Waals surface area contributed by atoms with Crippen molar-refractivity contribution in [1.29, 1.82) is 0 Å². The highest BCUT2D eigenvalue weighted by molar-refractivity contribution is 5.54. The van der Waals surface area contributed by atoms with E-state index in [4.69, 9.17) is 10.3 Å². The molecule has 1 aliphatic rings. The van der Waals surface area contributed by atoms with Gasteiger partial charge in [-0.1, -0.05) is 41.4 Å². The van der Waals surface area contributed by atoms with Gasteiger partial charge in [-0.2, -0.15) is 4.98 Å². The van der Waals surface area contributed by atoms with Crippen molar-refractivity contribution < 1.29 is 4.52 Å². The molecule has 4 heteroatoms. The SMILES string of the molecule is Cc1ccc(-c2noc(C3(CN)CCC3)n2)cc1. The van der Waals surface area contributed by atoms with Crippen LogP contribution in [0.15, 0.2) is 28.8 Å². The zero-order chi connectivity index (χ0) is 12.6. The fourth-order valence-electron chi connectivity index (χ4n) is 2.37. The molecule has 1 saturated carbocycles. The van der Waals surface area contributed by atoms with Crippen LogP contribution in [0.4, 0.5) is 0 Å². The summed E-state index contributed by atoms with van der Waals surface area (Å²) in [5, 5.41) is 4.07. The molecule has 2 aromatic rings. The Hall–Kier alpha value is -1.68. The van der Waals surface area contributed by atoms with Gasteiger partial charge in [-0.05, 0) is 19.8 Å². The number of rotatable bonds is 3. The normalized spacial score (nSPS) is 17.4. The molecule has 0 unspecified atom stereocenters. The second kappa shape index (κ2) is 4.21. The fourth-order valence-corrected chi connectivity index (χ4v) is 2.37. The number of hydrogen-bond donors (Lipinski definition) is 1. The Bertz CT molecular complexity index is 535. The first-order valence-electron chi connectivity index (χ1n) is 6.35. The average Bonchev–Trinajstić information content (AvgIpc) is 2.79. The third-order valence-electron chi connectivity index (χ3n) is 3.89. The lowest BCUT2D eigenvalue weighted by molar-refractivity contribution is 0.182. The highest BCUT2D eigenvalue weighted by atomic mass is 16.5. The summed E-state index contributed by atoms with van der Waals surface area (Å²) in [5.41, 5.74) is 7.99. The summed E-state index contributed by atoms with van der Waals surface area (Å²) in [6.45, 7) is 2.64. The predicted octanol–water partition coefficient (Wildman–Crippen LogP) is 2.43. The summed E-state index contributed by atoms with van der Waals surface area (Å²) in [7, 11) is 0. The molecular formula is C14H17N3O. The monoisotopic (exact) mass is 243 g/mol. The molecule has 0 bridgehead atoms. The molecule has 4 nitrogen and oxygen atoms in total. The van der Waals surface area contributed by atoms with Crippen LogP contribution < -0.4 is 5.73 Å². The third-order valence-corrected chi connectivity index (χ3v) is 3.89. The molecule has 1 heterocycles. The Labute approximate surface area is 106 Å². The molecule has 0 aliphatic heterocycles.